The molecule has 0 aromatic rings. The molecule has 0 heterocycles. The monoisotopic (exact) mass is 366 g/mol. The van der Waals surface area contributed by atoms with Gasteiger partial charge in [0.15, 0.2) is 0 Å². The second-order valence-corrected chi connectivity index (χ2v) is 7.34. The van der Waals surface area contributed by atoms with Gasteiger partial charge in [0.25, 0.3) is 0 Å². The maximum Gasteiger partial charge on any atom is 0.0566 e. The second kappa shape index (κ2) is 12.2. The number of rotatable bonds is 16. The smallest absolute Gasteiger partial charge is 0.0566 e. The standard InChI is InChI=1S/C18H38O7/c1-4-16(7-19,8-20)12-24-14-18(6-3,11-23)15-25-13-17(5-2,9-21)10-22/h19-23H,4-15H2,1-3H3. The number of aliphatic hydroxyl groups is 5. The Morgan fingerprint density at radius 3 is 0.920 bits per heavy atom. The van der Waals surface area contributed by atoms with Gasteiger partial charge in [-0.25, -0.2) is 0 Å². The summed E-state index contributed by atoms with van der Waals surface area (Å²) < 4.78 is 11.4. The largest absolute Gasteiger partial charge is 0.396 e. The molecular formula is C18H38O7. The Bertz CT molecular complexity index is 279. The third-order valence-electron chi connectivity index (χ3n) is 5.56. The lowest BCUT2D eigenvalue weighted by Crippen LogP contribution is -2.41. The maximum absolute atomic E-state index is 9.82. The summed E-state index contributed by atoms with van der Waals surface area (Å²) in [4.78, 5) is 0. The summed E-state index contributed by atoms with van der Waals surface area (Å²) in [6.07, 6.45) is 1.79. The van der Waals surface area contributed by atoms with E-state index in [1.54, 1.807) is 0 Å². The second-order valence-electron chi connectivity index (χ2n) is 7.34. The van der Waals surface area contributed by atoms with E-state index in [1.807, 2.05) is 20.8 Å². The first kappa shape index (κ1) is 24.7. The Morgan fingerprint density at radius 1 is 0.480 bits per heavy atom. The highest BCUT2D eigenvalue weighted by Crippen LogP contribution is 2.28. The fourth-order valence-corrected chi connectivity index (χ4v) is 2.35. The van der Waals surface area contributed by atoms with Gasteiger partial charge in [-0.1, -0.05) is 20.8 Å². The van der Waals surface area contributed by atoms with Crippen LogP contribution < -0.4 is 0 Å². The molecule has 0 atom stereocenters. The van der Waals surface area contributed by atoms with E-state index in [0.717, 1.165) is 0 Å². The molecule has 7 nitrogen and oxygen atoms in total. The van der Waals surface area contributed by atoms with E-state index in [2.05, 4.69) is 0 Å². The van der Waals surface area contributed by atoms with Crippen LogP contribution in [0.1, 0.15) is 40.0 Å². The van der Waals surface area contributed by atoms with Crippen molar-refractivity contribution in [2.24, 2.45) is 16.2 Å². The van der Waals surface area contributed by atoms with Gasteiger partial charge in [-0.15, -0.1) is 0 Å². The van der Waals surface area contributed by atoms with E-state index < -0.39 is 16.2 Å². The maximum atomic E-state index is 9.82. The molecule has 7 heteroatoms. The van der Waals surface area contributed by atoms with E-state index in [-0.39, 0.29) is 59.5 Å². The van der Waals surface area contributed by atoms with Crippen LogP contribution in [0, 0.1) is 16.2 Å². The molecule has 5 N–H and O–H groups in total. The van der Waals surface area contributed by atoms with Gasteiger partial charge in [0.05, 0.1) is 59.5 Å². The van der Waals surface area contributed by atoms with E-state index >= 15 is 0 Å². The van der Waals surface area contributed by atoms with Crippen molar-refractivity contribution < 1.29 is 35.0 Å². The van der Waals surface area contributed by atoms with Crippen molar-refractivity contribution in [2.75, 3.05) is 59.5 Å². The quantitative estimate of drug-likeness (QED) is 0.264. The molecule has 25 heavy (non-hydrogen) atoms. The minimum atomic E-state index is -0.680. The summed E-state index contributed by atoms with van der Waals surface area (Å²) >= 11 is 0. The first-order chi connectivity index (χ1) is 11.9. The zero-order chi connectivity index (χ0) is 19.4. The molecule has 0 radical (unpaired) electrons. The fraction of sp³-hybridized carbons (Fsp3) is 1.00. The average Bonchev–Trinajstić information content (AvgIpc) is 2.68. The van der Waals surface area contributed by atoms with Crippen LogP contribution in [0.4, 0.5) is 0 Å². The Kier molecular flexibility index (Phi) is 12.0. The SMILES string of the molecule is CCC(CO)(CO)COCC(CC)(CO)COCC(CC)(CO)CO. The number of hydrogen-bond donors (Lipinski definition) is 5. The molecule has 0 saturated carbocycles. The molecule has 0 aromatic heterocycles. The van der Waals surface area contributed by atoms with Crippen LogP contribution in [-0.2, 0) is 9.47 Å². The van der Waals surface area contributed by atoms with Gasteiger partial charge >= 0.3 is 0 Å². The zero-order valence-corrected chi connectivity index (χ0v) is 16.0. The third kappa shape index (κ3) is 7.09. The number of aliphatic hydroxyl groups excluding tert-OH is 5. The Labute approximate surface area is 151 Å². The summed E-state index contributed by atoms with van der Waals surface area (Å²) in [7, 11) is 0. The van der Waals surface area contributed by atoms with E-state index in [1.165, 1.54) is 0 Å². The molecule has 0 spiro atoms. The lowest BCUT2D eigenvalue weighted by atomic mass is 9.86. The fourth-order valence-electron chi connectivity index (χ4n) is 2.35. The molecule has 0 aromatic carbocycles. The van der Waals surface area contributed by atoms with Gasteiger partial charge in [0, 0.05) is 16.2 Å². The molecule has 152 valence electrons. The highest BCUT2D eigenvalue weighted by Gasteiger charge is 2.34. The highest BCUT2D eigenvalue weighted by atomic mass is 16.5. The Hall–Kier alpha value is -0.280. The van der Waals surface area contributed by atoms with Crippen LogP contribution >= 0.6 is 0 Å². The topological polar surface area (TPSA) is 120 Å². The molecule has 0 aliphatic rings. The zero-order valence-electron chi connectivity index (χ0n) is 16.0. The average molecular weight is 366 g/mol. The van der Waals surface area contributed by atoms with Crippen molar-refractivity contribution in [3.05, 3.63) is 0 Å². The number of hydrogen-bond acceptors (Lipinski definition) is 7. The predicted molar refractivity (Wildman–Crippen MR) is 95.2 cm³/mol. The summed E-state index contributed by atoms with van der Waals surface area (Å²) in [5, 5.41) is 47.7. The predicted octanol–water partition coefficient (Wildman–Crippen LogP) is 0.170. The molecule has 0 rings (SSSR count). The van der Waals surface area contributed by atoms with Crippen LogP contribution in [0.2, 0.25) is 0 Å². The van der Waals surface area contributed by atoms with Crippen molar-refractivity contribution in [3.8, 4) is 0 Å². The molecule has 0 fully saturated rings. The summed E-state index contributed by atoms with van der Waals surface area (Å²) in [5.41, 5.74) is -1.96. The molecule has 0 aliphatic carbocycles. The van der Waals surface area contributed by atoms with Gasteiger partial charge in [0.2, 0.25) is 0 Å². The van der Waals surface area contributed by atoms with E-state index in [4.69, 9.17) is 9.47 Å². The molecule has 0 bridgehead atoms. The van der Waals surface area contributed by atoms with Crippen molar-refractivity contribution in [1.29, 1.82) is 0 Å². The summed E-state index contributed by atoms with van der Waals surface area (Å²) in [6, 6.07) is 0. The highest BCUT2D eigenvalue weighted by molar-refractivity contribution is 4.81. The van der Waals surface area contributed by atoms with E-state index in [0.29, 0.717) is 19.3 Å². The van der Waals surface area contributed by atoms with Gasteiger partial charge in [-0.3, -0.25) is 0 Å². The normalized spacial score (nSPS) is 13.4. The molecule has 0 saturated heterocycles. The van der Waals surface area contributed by atoms with Gasteiger partial charge in [-0.2, -0.15) is 0 Å². The van der Waals surface area contributed by atoms with Crippen molar-refractivity contribution >= 4 is 0 Å². The summed E-state index contributed by atoms with van der Waals surface area (Å²) in [5.74, 6) is 0. The van der Waals surface area contributed by atoms with Crippen molar-refractivity contribution in [3.63, 3.8) is 0 Å². The van der Waals surface area contributed by atoms with Crippen molar-refractivity contribution in [1.82, 2.24) is 0 Å². The van der Waals surface area contributed by atoms with Gasteiger partial charge < -0.3 is 35.0 Å². The van der Waals surface area contributed by atoms with Crippen LogP contribution in [0.25, 0.3) is 0 Å². The minimum Gasteiger partial charge on any atom is -0.396 e. The first-order valence-electron chi connectivity index (χ1n) is 9.10. The van der Waals surface area contributed by atoms with E-state index in [9.17, 15) is 25.5 Å². The number of ether oxygens (including phenoxy) is 2. The summed E-state index contributed by atoms with van der Waals surface area (Å²) in [6.45, 7) is 5.77. The van der Waals surface area contributed by atoms with Crippen LogP contribution in [0.3, 0.4) is 0 Å². The van der Waals surface area contributed by atoms with Crippen LogP contribution in [0.15, 0.2) is 0 Å². The lowest BCUT2D eigenvalue weighted by molar-refractivity contribution is -0.105. The molecule has 0 aliphatic heterocycles. The Balaban J connectivity index is 4.69. The van der Waals surface area contributed by atoms with Gasteiger partial charge in [-0.05, 0) is 19.3 Å². The minimum absolute atomic E-state index is 0.127. The van der Waals surface area contributed by atoms with Gasteiger partial charge in [0.1, 0.15) is 0 Å². The Morgan fingerprint density at radius 2 is 0.720 bits per heavy atom. The third-order valence-corrected chi connectivity index (χ3v) is 5.56. The first-order valence-corrected chi connectivity index (χ1v) is 9.10. The van der Waals surface area contributed by atoms with Crippen LogP contribution in [0.5, 0.6) is 0 Å². The molecule has 0 unspecified atom stereocenters. The van der Waals surface area contributed by atoms with Crippen molar-refractivity contribution in [2.45, 2.75) is 40.0 Å². The molecular weight excluding hydrogens is 328 g/mol. The molecule has 0 amide bonds. The lowest BCUT2D eigenvalue weighted by Gasteiger charge is -2.35. The van der Waals surface area contributed by atoms with Crippen LogP contribution in [-0.4, -0.2) is 85.0 Å².